The standard InChI is InChI=1S/C29H31ClN6/c30-27-15-13-25(14-16-27)17-19-36-29(31-32-33-36)28(26-11-5-2-6-12-26)35-22-20-34(21-23-35)18-7-10-24-8-3-1-4-9-24/h1-16,28H,17-23H2/b10-7+/t28-/m1/s1. The average Bonchev–Trinajstić information content (AvgIpc) is 3.39. The number of halogens is 1. The molecule has 0 saturated carbocycles. The molecule has 0 aliphatic carbocycles. The highest BCUT2D eigenvalue weighted by Gasteiger charge is 2.30. The first-order valence-electron chi connectivity index (χ1n) is 12.5. The molecule has 6 nitrogen and oxygen atoms in total. The van der Waals surface area contributed by atoms with Crippen LogP contribution in [0.1, 0.15) is 28.6 Å². The lowest BCUT2D eigenvalue weighted by molar-refractivity contribution is 0.112. The molecule has 5 rings (SSSR count). The van der Waals surface area contributed by atoms with Gasteiger partial charge in [-0.3, -0.25) is 9.80 Å². The number of hydrogen-bond acceptors (Lipinski definition) is 5. The van der Waals surface area contributed by atoms with Crippen molar-refractivity contribution in [3.05, 3.63) is 119 Å². The monoisotopic (exact) mass is 498 g/mol. The van der Waals surface area contributed by atoms with Gasteiger partial charge in [-0.2, -0.15) is 0 Å². The number of nitrogens with zero attached hydrogens (tertiary/aromatic N) is 6. The molecule has 0 unspecified atom stereocenters. The first kappa shape index (κ1) is 24.4. The minimum Gasteiger partial charge on any atom is -0.297 e. The molecule has 3 aromatic carbocycles. The lowest BCUT2D eigenvalue weighted by Gasteiger charge is -2.38. The van der Waals surface area contributed by atoms with E-state index >= 15 is 0 Å². The first-order valence-corrected chi connectivity index (χ1v) is 12.9. The van der Waals surface area contributed by atoms with Gasteiger partial charge in [0.15, 0.2) is 5.82 Å². The summed E-state index contributed by atoms with van der Waals surface area (Å²) in [5.41, 5.74) is 3.68. The predicted octanol–water partition coefficient (Wildman–Crippen LogP) is 4.99. The van der Waals surface area contributed by atoms with E-state index < -0.39 is 0 Å². The SMILES string of the molecule is Clc1ccc(CCn2nnnc2[C@@H](c2ccccc2)N2CCN(C/C=C/c3ccccc3)CC2)cc1. The van der Waals surface area contributed by atoms with E-state index in [2.05, 4.69) is 104 Å². The third-order valence-electron chi connectivity index (χ3n) is 6.69. The summed E-state index contributed by atoms with van der Waals surface area (Å²) in [6.07, 6.45) is 5.31. The second-order valence-electron chi connectivity index (χ2n) is 9.10. The Hall–Kier alpha value is -3.32. The van der Waals surface area contributed by atoms with Crippen molar-refractivity contribution in [2.24, 2.45) is 0 Å². The first-order chi connectivity index (χ1) is 17.8. The fourth-order valence-corrected chi connectivity index (χ4v) is 4.84. The summed E-state index contributed by atoms with van der Waals surface area (Å²) in [4.78, 5) is 5.01. The van der Waals surface area contributed by atoms with Gasteiger partial charge in [0.05, 0.1) is 6.04 Å². The van der Waals surface area contributed by atoms with Gasteiger partial charge in [-0.1, -0.05) is 96.5 Å². The zero-order valence-electron chi connectivity index (χ0n) is 20.3. The zero-order chi connectivity index (χ0) is 24.6. The maximum absolute atomic E-state index is 6.05. The van der Waals surface area contributed by atoms with E-state index in [1.165, 1.54) is 16.7 Å². The molecule has 0 radical (unpaired) electrons. The largest absolute Gasteiger partial charge is 0.297 e. The molecule has 1 aliphatic rings. The molecular formula is C29H31ClN6. The summed E-state index contributed by atoms with van der Waals surface area (Å²) in [5, 5.41) is 13.7. The van der Waals surface area contributed by atoms with Crippen molar-refractivity contribution in [2.45, 2.75) is 19.0 Å². The molecule has 1 aliphatic heterocycles. The van der Waals surface area contributed by atoms with Crippen LogP contribution in [0.5, 0.6) is 0 Å². The third-order valence-corrected chi connectivity index (χ3v) is 6.94. The van der Waals surface area contributed by atoms with Gasteiger partial charge in [-0.15, -0.1) is 5.10 Å². The highest BCUT2D eigenvalue weighted by atomic mass is 35.5. The zero-order valence-corrected chi connectivity index (χ0v) is 21.1. The molecule has 0 amide bonds. The van der Waals surface area contributed by atoms with Crippen molar-refractivity contribution in [3.8, 4) is 0 Å². The summed E-state index contributed by atoms with van der Waals surface area (Å²) in [7, 11) is 0. The number of piperazine rings is 1. The molecular weight excluding hydrogens is 468 g/mol. The van der Waals surface area contributed by atoms with Crippen molar-refractivity contribution >= 4 is 17.7 Å². The van der Waals surface area contributed by atoms with Crippen LogP contribution in [0.4, 0.5) is 0 Å². The highest BCUT2D eigenvalue weighted by Crippen LogP contribution is 2.28. The maximum atomic E-state index is 6.05. The Morgan fingerprint density at radius 1 is 0.833 bits per heavy atom. The molecule has 184 valence electrons. The van der Waals surface area contributed by atoms with Gasteiger partial charge >= 0.3 is 0 Å². The van der Waals surface area contributed by atoms with Crippen molar-refractivity contribution in [2.75, 3.05) is 32.7 Å². The van der Waals surface area contributed by atoms with Gasteiger partial charge in [-0.05, 0) is 45.7 Å². The Labute approximate surface area is 217 Å². The van der Waals surface area contributed by atoms with Crippen molar-refractivity contribution in [1.29, 1.82) is 0 Å². The molecule has 0 bridgehead atoms. The maximum Gasteiger partial charge on any atom is 0.173 e. The molecule has 1 saturated heterocycles. The highest BCUT2D eigenvalue weighted by molar-refractivity contribution is 6.30. The summed E-state index contributed by atoms with van der Waals surface area (Å²) in [5.74, 6) is 0.896. The quantitative estimate of drug-likeness (QED) is 0.325. The number of rotatable bonds is 9. The van der Waals surface area contributed by atoms with Gasteiger partial charge in [0.2, 0.25) is 0 Å². The molecule has 1 fully saturated rings. The van der Waals surface area contributed by atoms with Crippen LogP contribution in [-0.2, 0) is 13.0 Å². The molecule has 4 aromatic rings. The predicted molar refractivity (Wildman–Crippen MR) is 145 cm³/mol. The summed E-state index contributed by atoms with van der Waals surface area (Å²) < 4.78 is 1.96. The van der Waals surface area contributed by atoms with Crippen LogP contribution in [0.25, 0.3) is 6.08 Å². The summed E-state index contributed by atoms with van der Waals surface area (Å²) in [6.45, 7) is 5.62. The summed E-state index contributed by atoms with van der Waals surface area (Å²) >= 11 is 6.05. The number of benzene rings is 3. The number of aryl methyl sites for hydroxylation is 2. The summed E-state index contributed by atoms with van der Waals surface area (Å²) in [6, 6.07) is 29.1. The van der Waals surface area contributed by atoms with Gasteiger partial charge < -0.3 is 0 Å². The van der Waals surface area contributed by atoms with Gasteiger partial charge in [-0.25, -0.2) is 4.68 Å². The Morgan fingerprint density at radius 3 is 2.25 bits per heavy atom. The fraction of sp³-hybridized carbons (Fsp3) is 0.276. The van der Waals surface area contributed by atoms with Crippen LogP contribution < -0.4 is 0 Å². The minimum absolute atomic E-state index is 0.0217. The van der Waals surface area contributed by atoms with Crippen molar-refractivity contribution in [3.63, 3.8) is 0 Å². The Kier molecular flexibility index (Phi) is 8.18. The topological polar surface area (TPSA) is 50.1 Å². The number of tetrazole rings is 1. The fourth-order valence-electron chi connectivity index (χ4n) is 4.72. The molecule has 1 aromatic heterocycles. The lowest BCUT2D eigenvalue weighted by Crippen LogP contribution is -2.48. The van der Waals surface area contributed by atoms with E-state index in [4.69, 9.17) is 11.6 Å². The molecule has 2 heterocycles. The molecule has 1 atom stereocenters. The van der Waals surface area contributed by atoms with Crippen molar-refractivity contribution in [1.82, 2.24) is 30.0 Å². The Bertz CT molecular complexity index is 1230. The normalized spacial score (nSPS) is 15.9. The molecule has 36 heavy (non-hydrogen) atoms. The van der Waals surface area contributed by atoms with Crippen LogP contribution in [0, 0.1) is 0 Å². The third kappa shape index (κ3) is 6.26. The van der Waals surface area contributed by atoms with Crippen LogP contribution in [-0.4, -0.2) is 62.7 Å². The smallest absolute Gasteiger partial charge is 0.173 e. The Balaban J connectivity index is 1.27. The van der Waals surface area contributed by atoms with E-state index in [0.29, 0.717) is 0 Å². The minimum atomic E-state index is 0.0217. The molecule has 7 heteroatoms. The van der Waals surface area contributed by atoms with Gasteiger partial charge in [0.1, 0.15) is 0 Å². The second-order valence-corrected chi connectivity index (χ2v) is 9.54. The van der Waals surface area contributed by atoms with E-state index in [-0.39, 0.29) is 6.04 Å². The molecule has 0 spiro atoms. The van der Waals surface area contributed by atoms with Crippen molar-refractivity contribution < 1.29 is 0 Å². The van der Waals surface area contributed by atoms with Gasteiger partial charge in [0.25, 0.3) is 0 Å². The van der Waals surface area contributed by atoms with E-state index in [9.17, 15) is 0 Å². The number of aromatic nitrogens is 4. The van der Waals surface area contributed by atoms with Gasteiger partial charge in [0, 0.05) is 44.3 Å². The second kappa shape index (κ2) is 12.1. The lowest BCUT2D eigenvalue weighted by atomic mass is 10.0. The molecule has 0 N–H and O–H groups in total. The average molecular weight is 499 g/mol. The van der Waals surface area contributed by atoms with Crippen LogP contribution in [0.2, 0.25) is 5.02 Å². The van der Waals surface area contributed by atoms with E-state index in [0.717, 1.165) is 56.5 Å². The van der Waals surface area contributed by atoms with Crippen LogP contribution in [0.15, 0.2) is 91.0 Å². The van der Waals surface area contributed by atoms with E-state index in [1.807, 2.05) is 22.9 Å². The van der Waals surface area contributed by atoms with E-state index in [1.54, 1.807) is 0 Å². The number of hydrogen-bond donors (Lipinski definition) is 0. The Morgan fingerprint density at radius 2 is 1.53 bits per heavy atom. The van der Waals surface area contributed by atoms with Crippen LogP contribution in [0.3, 0.4) is 0 Å². The van der Waals surface area contributed by atoms with Crippen LogP contribution >= 0.6 is 11.6 Å².